The molecule has 0 aromatic carbocycles. The summed E-state index contributed by atoms with van der Waals surface area (Å²) in [6.45, 7) is 0. The lowest BCUT2D eigenvalue weighted by Crippen LogP contribution is -2.15. The van der Waals surface area contributed by atoms with Crippen molar-refractivity contribution >= 4 is 10.0 Å². The van der Waals surface area contributed by atoms with E-state index in [1.165, 1.54) is 0 Å². The Kier molecular flexibility index (Phi) is 1.90. The third-order valence-electron chi connectivity index (χ3n) is 1.17. The summed E-state index contributed by atoms with van der Waals surface area (Å²) in [4.78, 5) is 11.9. The molecule has 0 unspecified atom stereocenters. The minimum absolute atomic E-state index is 0.498. The van der Waals surface area contributed by atoms with Crippen LogP contribution < -0.4 is 10.7 Å². The van der Waals surface area contributed by atoms with Gasteiger partial charge in [-0.15, -0.1) is 0 Å². The van der Waals surface area contributed by atoms with Gasteiger partial charge in [0, 0.05) is 6.07 Å². The van der Waals surface area contributed by atoms with Crippen molar-refractivity contribution in [3.05, 3.63) is 22.5 Å². The zero-order valence-electron chi connectivity index (χ0n) is 5.81. The predicted molar refractivity (Wildman–Crippen MR) is 40.1 cm³/mol. The fraction of sp³-hybridized carbons (Fsp3) is 0. The van der Waals surface area contributed by atoms with E-state index in [9.17, 15) is 13.2 Å². The molecule has 0 fully saturated rings. The molecule has 66 valence electrons. The molecule has 0 saturated heterocycles. The first kappa shape index (κ1) is 8.75. The van der Waals surface area contributed by atoms with Crippen molar-refractivity contribution in [2.45, 2.75) is 4.90 Å². The highest BCUT2D eigenvalue weighted by Crippen LogP contribution is 2.14. The molecule has 0 aliphatic carbocycles. The summed E-state index contributed by atoms with van der Waals surface area (Å²) in [5.41, 5.74) is -0.597. The Morgan fingerprint density at radius 1 is 1.42 bits per heavy atom. The summed E-state index contributed by atoms with van der Waals surface area (Å²) < 4.78 is 21.3. The summed E-state index contributed by atoms with van der Waals surface area (Å²) >= 11 is 0. The number of nitrogens with two attached hydrogens (primary N) is 1. The van der Waals surface area contributed by atoms with Crippen LogP contribution in [0.2, 0.25) is 0 Å². The second kappa shape index (κ2) is 2.61. The van der Waals surface area contributed by atoms with Crippen molar-refractivity contribution in [2.24, 2.45) is 5.14 Å². The highest BCUT2D eigenvalue weighted by Gasteiger charge is 2.13. The van der Waals surface area contributed by atoms with Gasteiger partial charge in [-0.1, -0.05) is 0 Å². The zero-order chi connectivity index (χ0) is 9.35. The summed E-state index contributed by atoms with van der Waals surface area (Å²) in [5, 5.41) is 13.6. The highest BCUT2D eigenvalue weighted by atomic mass is 32.2. The zero-order valence-corrected chi connectivity index (χ0v) is 6.63. The minimum Gasteiger partial charge on any atom is -0.494 e. The quantitative estimate of drug-likeness (QED) is 0.512. The van der Waals surface area contributed by atoms with E-state index in [2.05, 4.69) is 0 Å². The van der Waals surface area contributed by atoms with Gasteiger partial charge < -0.3 is 5.11 Å². The van der Waals surface area contributed by atoms with Gasteiger partial charge in [-0.2, -0.15) is 0 Å². The maximum atomic E-state index is 10.7. The van der Waals surface area contributed by atoms with E-state index in [0.717, 1.165) is 12.1 Å². The molecule has 0 saturated carbocycles. The Labute approximate surface area is 67.7 Å². The van der Waals surface area contributed by atoms with Crippen molar-refractivity contribution in [3.8, 4) is 5.88 Å². The van der Waals surface area contributed by atoms with E-state index in [0.29, 0.717) is 0 Å². The molecule has 6 nitrogen and oxygen atoms in total. The average Bonchev–Trinajstić information content (AvgIpc) is 1.83. The van der Waals surface area contributed by atoms with E-state index in [1.807, 2.05) is 4.98 Å². The van der Waals surface area contributed by atoms with Crippen LogP contribution in [0.25, 0.3) is 0 Å². The number of aromatic hydroxyl groups is 1. The first-order valence-corrected chi connectivity index (χ1v) is 4.41. The van der Waals surface area contributed by atoms with Gasteiger partial charge in [0.15, 0.2) is 0 Å². The van der Waals surface area contributed by atoms with Crippen LogP contribution in [-0.2, 0) is 10.0 Å². The third-order valence-corrected chi connectivity index (χ3v) is 2.11. The lowest BCUT2D eigenvalue weighted by atomic mass is 10.5. The van der Waals surface area contributed by atoms with Crippen molar-refractivity contribution in [3.63, 3.8) is 0 Å². The van der Waals surface area contributed by atoms with E-state index in [1.54, 1.807) is 0 Å². The maximum absolute atomic E-state index is 10.7. The SMILES string of the molecule is NS(=O)(=O)c1ccc(=O)[nH]c1O. The summed E-state index contributed by atoms with van der Waals surface area (Å²) in [7, 11) is -3.97. The van der Waals surface area contributed by atoms with Crippen LogP contribution in [0.5, 0.6) is 5.88 Å². The molecule has 1 aromatic heterocycles. The largest absolute Gasteiger partial charge is 0.494 e. The van der Waals surface area contributed by atoms with Crippen LogP contribution >= 0.6 is 0 Å². The summed E-state index contributed by atoms with van der Waals surface area (Å²) in [6, 6.07) is 1.89. The van der Waals surface area contributed by atoms with Gasteiger partial charge in [0.05, 0.1) is 0 Å². The molecular weight excluding hydrogens is 184 g/mol. The van der Waals surface area contributed by atoms with E-state index >= 15 is 0 Å². The molecule has 1 heterocycles. The van der Waals surface area contributed by atoms with Gasteiger partial charge >= 0.3 is 0 Å². The smallest absolute Gasteiger partial charge is 0.250 e. The second-order valence-electron chi connectivity index (χ2n) is 2.08. The van der Waals surface area contributed by atoms with Gasteiger partial charge in [-0.3, -0.25) is 9.78 Å². The number of aromatic nitrogens is 1. The van der Waals surface area contributed by atoms with Crippen molar-refractivity contribution in [1.29, 1.82) is 0 Å². The van der Waals surface area contributed by atoms with Gasteiger partial charge in [0.1, 0.15) is 4.90 Å². The number of hydrogen-bond donors (Lipinski definition) is 3. The monoisotopic (exact) mass is 190 g/mol. The Balaban J connectivity index is 3.49. The molecule has 0 amide bonds. The topological polar surface area (TPSA) is 113 Å². The van der Waals surface area contributed by atoms with E-state index in [4.69, 9.17) is 10.2 Å². The van der Waals surface area contributed by atoms with Crippen molar-refractivity contribution in [1.82, 2.24) is 4.98 Å². The number of aromatic amines is 1. The highest BCUT2D eigenvalue weighted by molar-refractivity contribution is 7.89. The fourth-order valence-electron chi connectivity index (χ4n) is 0.680. The molecule has 0 bridgehead atoms. The van der Waals surface area contributed by atoms with E-state index in [-0.39, 0.29) is 0 Å². The maximum Gasteiger partial charge on any atom is 0.250 e. The lowest BCUT2D eigenvalue weighted by molar-refractivity contribution is 0.434. The first-order chi connectivity index (χ1) is 5.41. The molecule has 0 radical (unpaired) electrons. The van der Waals surface area contributed by atoms with Gasteiger partial charge in [-0.25, -0.2) is 13.6 Å². The standard InChI is InChI=1S/C5H6N2O4S/c6-12(10,11)3-1-2-4(8)7-5(3)9/h1-2H,(H2,6,10,11)(H2,7,8,9). The van der Waals surface area contributed by atoms with Crippen LogP contribution in [0.3, 0.4) is 0 Å². The molecular formula is C5H6N2O4S. The lowest BCUT2D eigenvalue weighted by Gasteiger charge is -1.98. The minimum atomic E-state index is -3.97. The summed E-state index contributed by atoms with van der Waals surface area (Å²) in [5.74, 6) is -0.745. The van der Waals surface area contributed by atoms with Crippen molar-refractivity contribution < 1.29 is 13.5 Å². The Morgan fingerprint density at radius 3 is 2.42 bits per heavy atom. The molecule has 4 N–H and O–H groups in total. The Bertz CT molecular complexity index is 447. The molecule has 1 aromatic rings. The average molecular weight is 190 g/mol. The molecule has 0 aliphatic heterocycles. The second-order valence-corrected chi connectivity index (χ2v) is 3.61. The van der Waals surface area contributed by atoms with Gasteiger partial charge in [0.2, 0.25) is 15.9 Å². The number of hydrogen-bond acceptors (Lipinski definition) is 4. The number of sulfonamides is 1. The molecule has 1 rings (SSSR count). The van der Waals surface area contributed by atoms with E-state index < -0.39 is 26.4 Å². The van der Waals surface area contributed by atoms with Crippen molar-refractivity contribution in [2.75, 3.05) is 0 Å². The molecule has 0 atom stereocenters. The van der Waals surface area contributed by atoms with Crippen LogP contribution in [0.1, 0.15) is 0 Å². The molecule has 12 heavy (non-hydrogen) atoms. The predicted octanol–water partition coefficient (Wildman–Crippen LogP) is -1.27. The fourth-order valence-corrected chi connectivity index (χ4v) is 1.26. The van der Waals surface area contributed by atoms with Crippen LogP contribution in [0.15, 0.2) is 21.8 Å². The number of rotatable bonds is 1. The normalized spacial score (nSPS) is 11.4. The van der Waals surface area contributed by atoms with Crippen LogP contribution in [-0.4, -0.2) is 18.5 Å². The number of pyridine rings is 1. The Hall–Kier alpha value is -1.34. The van der Waals surface area contributed by atoms with Gasteiger partial charge in [0.25, 0.3) is 5.56 Å². The number of primary sulfonamides is 1. The van der Waals surface area contributed by atoms with Crippen LogP contribution in [0.4, 0.5) is 0 Å². The molecule has 7 heteroatoms. The first-order valence-electron chi connectivity index (χ1n) is 2.86. The number of H-pyrrole nitrogens is 1. The number of nitrogens with one attached hydrogen (secondary N) is 1. The molecule has 0 aliphatic rings. The van der Waals surface area contributed by atoms with Crippen LogP contribution in [0, 0.1) is 0 Å². The van der Waals surface area contributed by atoms with Gasteiger partial charge in [-0.05, 0) is 6.07 Å². The summed E-state index contributed by atoms with van der Waals surface area (Å²) in [6.07, 6.45) is 0. The Morgan fingerprint density at radius 2 is 2.00 bits per heavy atom. The molecule has 0 spiro atoms. The third kappa shape index (κ3) is 1.63.